The number of likely N-dealkylation sites (tertiary alicyclic amines) is 1. The fourth-order valence-electron chi connectivity index (χ4n) is 2.49. The first-order valence-corrected chi connectivity index (χ1v) is 7.78. The first-order chi connectivity index (χ1) is 8.30. The highest BCUT2D eigenvalue weighted by atomic mass is 15.1. The third-order valence-electron chi connectivity index (χ3n) is 4.68. The molecule has 2 atom stereocenters. The maximum Gasteiger partial charge on any atom is 0.00798 e. The van der Waals surface area contributed by atoms with Crippen LogP contribution < -0.4 is 5.32 Å². The van der Waals surface area contributed by atoms with Crippen LogP contribution in [0.5, 0.6) is 0 Å². The molecule has 1 rings (SSSR count). The van der Waals surface area contributed by atoms with E-state index in [1.165, 1.54) is 32.4 Å². The SMILES string of the molecule is CC(C)N1CCCC(NCC(C)C(C)(C)C)CC1. The minimum atomic E-state index is 0.418. The van der Waals surface area contributed by atoms with Crippen molar-refractivity contribution >= 4 is 0 Å². The topological polar surface area (TPSA) is 15.3 Å². The van der Waals surface area contributed by atoms with Crippen LogP contribution in [0.2, 0.25) is 0 Å². The molecule has 1 N–H and O–H groups in total. The summed E-state index contributed by atoms with van der Waals surface area (Å²) in [6.45, 7) is 17.7. The second-order valence-electron chi connectivity index (χ2n) is 7.43. The van der Waals surface area contributed by atoms with E-state index in [2.05, 4.69) is 51.8 Å². The summed E-state index contributed by atoms with van der Waals surface area (Å²) in [5.41, 5.74) is 0.418. The van der Waals surface area contributed by atoms with Gasteiger partial charge in [-0.15, -0.1) is 0 Å². The van der Waals surface area contributed by atoms with E-state index >= 15 is 0 Å². The van der Waals surface area contributed by atoms with Gasteiger partial charge in [-0.3, -0.25) is 0 Å². The van der Waals surface area contributed by atoms with Crippen LogP contribution in [0.1, 0.15) is 60.8 Å². The molecule has 0 bridgehead atoms. The monoisotopic (exact) mass is 254 g/mol. The maximum atomic E-state index is 3.80. The summed E-state index contributed by atoms with van der Waals surface area (Å²) in [5, 5.41) is 3.80. The average molecular weight is 254 g/mol. The van der Waals surface area contributed by atoms with E-state index in [0.29, 0.717) is 11.5 Å². The van der Waals surface area contributed by atoms with Gasteiger partial charge in [0, 0.05) is 12.1 Å². The highest BCUT2D eigenvalue weighted by molar-refractivity contribution is 4.79. The molecule has 1 fully saturated rings. The fraction of sp³-hybridized carbons (Fsp3) is 1.00. The Balaban J connectivity index is 2.32. The predicted molar refractivity (Wildman–Crippen MR) is 81.0 cm³/mol. The van der Waals surface area contributed by atoms with Crippen molar-refractivity contribution < 1.29 is 0 Å². The summed E-state index contributed by atoms with van der Waals surface area (Å²) in [7, 11) is 0. The van der Waals surface area contributed by atoms with Gasteiger partial charge in [0.2, 0.25) is 0 Å². The Bertz CT molecular complexity index is 230. The largest absolute Gasteiger partial charge is 0.314 e. The van der Waals surface area contributed by atoms with Gasteiger partial charge in [0.15, 0.2) is 0 Å². The Morgan fingerprint density at radius 2 is 1.78 bits per heavy atom. The van der Waals surface area contributed by atoms with E-state index in [1.807, 2.05) is 0 Å². The summed E-state index contributed by atoms with van der Waals surface area (Å²) in [4.78, 5) is 2.62. The van der Waals surface area contributed by atoms with Gasteiger partial charge >= 0.3 is 0 Å². The number of nitrogens with one attached hydrogen (secondary N) is 1. The molecule has 0 amide bonds. The Morgan fingerprint density at radius 1 is 1.11 bits per heavy atom. The Kier molecular flexibility index (Phi) is 6.13. The Hall–Kier alpha value is -0.0800. The predicted octanol–water partition coefficient (Wildman–Crippen LogP) is 3.52. The summed E-state index contributed by atoms with van der Waals surface area (Å²) in [5.74, 6) is 0.738. The highest BCUT2D eigenvalue weighted by Crippen LogP contribution is 2.25. The molecule has 0 aromatic carbocycles. The lowest BCUT2D eigenvalue weighted by Gasteiger charge is -2.29. The molecule has 0 aliphatic carbocycles. The lowest BCUT2D eigenvalue weighted by Crippen LogP contribution is -2.37. The highest BCUT2D eigenvalue weighted by Gasteiger charge is 2.22. The van der Waals surface area contributed by atoms with Gasteiger partial charge in [0.05, 0.1) is 0 Å². The van der Waals surface area contributed by atoms with Gasteiger partial charge in [-0.25, -0.2) is 0 Å². The van der Waals surface area contributed by atoms with Crippen molar-refractivity contribution in [3.05, 3.63) is 0 Å². The molecule has 0 saturated carbocycles. The van der Waals surface area contributed by atoms with Gasteiger partial charge in [0.25, 0.3) is 0 Å². The van der Waals surface area contributed by atoms with Crippen LogP contribution in [-0.2, 0) is 0 Å². The fourth-order valence-corrected chi connectivity index (χ4v) is 2.49. The molecule has 1 saturated heterocycles. The molecule has 0 radical (unpaired) electrons. The first-order valence-electron chi connectivity index (χ1n) is 7.78. The van der Waals surface area contributed by atoms with Crippen LogP contribution in [-0.4, -0.2) is 36.6 Å². The molecular weight excluding hydrogens is 220 g/mol. The molecule has 18 heavy (non-hydrogen) atoms. The van der Waals surface area contributed by atoms with Crippen molar-refractivity contribution in [3.8, 4) is 0 Å². The molecule has 2 nitrogen and oxygen atoms in total. The zero-order valence-corrected chi connectivity index (χ0v) is 13.4. The van der Waals surface area contributed by atoms with Crippen LogP contribution in [0.3, 0.4) is 0 Å². The Labute approximate surface area is 115 Å². The van der Waals surface area contributed by atoms with E-state index in [4.69, 9.17) is 0 Å². The zero-order chi connectivity index (χ0) is 13.8. The molecule has 1 aliphatic rings. The standard InChI is InChI=1S/C16H34N2/c1-13(2)18-10-7-8-15(9-11-18)17-12-14(3)16(4,5)6/h13-15,17H,7-12H2,1-6H3. The van der Waals surface area contributed by atoms with Gasteiger partial charge in [0.1, 0.15) is 0 Å². The molecule has 1 heterocycles. The van der Waals surface area contributed by atoms with Crippen LogP contribution in [0.4, 0.5) is 0 Å². The summed E-state index contributed by atoms with van der Waals surface area (Å²) < 4.78 is 0. The molecule has 2 heteroatoms. The molecule has 1 aliphatic heterocycles. The Morgan fingerprint density at radius 3 is 2.33 bits per heavy atom. The second-order valence-corrected chi connectivity index (χ2v) is 7.43. The van der Waals surface area contributed by atoms with Crippen LogP contribution in [0.25, 0.3) is 0 Å². The maximum absolute atomic E-state index is 3.80. The van der Waals surface area contributed by atoms with Gasteiger partial charge in [-0.1, -0.05) is 27.7 Å². The number of rotatable bonds is 4. The van der Waals surface area contributed by atoms with E-state index in [0.717, 1.165) is 18.5 Å². The molecule has 0 aromatic rings. The summed E-state index contributed by atoms with van der Waals surface area (Å²) in [6, 6.07) is 1.44. The van der Waals surface area contributed by atoms with E-state index in [9.17, 15) is 0 Å². The molecular formula is C16H34N2. The first kappa shape index (κ1) is 16.0. The molecule has 0 spiro atoms. The van der Waals surface area contributed by atoms with E-state index < -0.39 is 0 Å². The van der Waals surface area contributed by atoms with Crippen molar-refractivity contribution in [2.24, 2.45) is 11.3 Å². The molecule has 2 unspecified atom stereocenters. The van der Waals surface area contributed by atoms with Crippen LogP contribution in [0.15, 0.2) is 0 Å². The van der Waals surface area contributed by atoms with Crippen molar-refractivity contribution in [2.45, 2.75) is 72.9 Å². The second kappa shape index (κ2) is 6.91. The number of nitrogens with zero attached hydrogens (tertiary/aromatic N) is 1. The quantitative estimate of drug-likeness (QED) is 0.826. The lowest BCUT2D eigenvalue weighted by atomic mass is 9.82. The molecule has 0 aromatic heterocycles. The van der Waals surface area contributed by atoms with E-state index in [-0.39, 0.29) is 0 Å². The van der Waals surface area contributed by atoms with Crippen LogP contribution >= 0.6 is 0 Å². The van der Waals surface area contributed by atoms with Crippen molar-refractivity contribution in [3.63, 3.8) is 0 Å². The van der Waals surface area contributed by atoms with Crippen molar-refractivity contribution in [1.82, 2.24) is 10.2 Å². The van der Waals surface area contributed by atoms with Crippen LogP contribution in [0, 0.1) is 11.3 Å². The minimum Gasteiger partial charge on any atom is -0.314 e. The average Bonchev–Trinajstić information content (AvgIpc) is 2.49. The van der Waals surface area contributed by atoms with Gasteiger partial charge in [-0.2, -0.15) is 0 Å². The lowest BCUT2D eigenvalue weighted by molar-refractivity contribution is 0.224. The minimum absolute atomic E-state index is 0.418. The third kappa shape index (κ3) is 5.27. The zero-order valence-electron chi connectivity index (χ0n) is 13.4. The van der Waals surface area contributed by atoms with Crippen molar-refractivity contribution in [2.75, 3.05) is 19.6 Å². The van der Waals surface area contributed by atoms with E-state index in [1.54, 1.807) is 0 Å². The normalized spacial score (nSPS) is 25.2. The smallest absolute Gasteiger partial charge is 0.00798 e. The van der Waals surface area contributed by atoms with Crippen molar-refractivity contribution in [1.29, 1.82) is 0 Å². The summed E-state index contributed by atoms with van der Waals surface area (Å²) >= 11 is 0. The van der Waals surface area contributed by atoms with Gasteiger partial charge in [-0.05, 0) is 64.1 Å². The van der Waals surface area contributed by atoms with Gasteiger partial charge < -0.3 is 10.2 Å². The number of hydrogen-bond acceptors (Lipinski definition) is 2. The third-order valence-corrected chi connectivity index (χ3v) is 4.68. The summed E-state index contributed by atoms with van der Waals surface area (Å²) in [6.07, 6.45) is 4.01. The molecule has 108 valence electrons. The number of hydrogen-bond donors (Lipinski definition) is 1.